The van der Waals surface area contributed by atoms with Crippen molar-refractivity contribution >= 4 is 17.3 Å². The second kappa shape index (κ2) is 7.52. The second-order valence-electron chi connectivity index (χ2n) is 4.81. The summed E-state index contributed by atoms with van der Waals surface area (Å²) in [6.45, 7) is 9.44. The molecule has 0 spiro atoms. The predicted octanol–water partition coefficient (Wildman–Crippen LogP) is 4.98. The maximum absolute atomic E-state index is 6.20. The van der Waals surface area contributed by atoms with Crippen LogP contribution in [0.2, 0.25) is 5.02 Å². The quantitative estimate of drug-likeness (QED) is 0.754. The van der Waals surface area contributed by atoms with Crippen molar-refractivity contribution < 1.29 is 4.74 Å². The topological polar surface area (TPSA) is 21.3 Å². The molecular formula is C15H24ClNO. The predicted molar refractivity (Wildman–Crippen MR) is 79.8 cm³/mol. The summed E-state index contributed by atoms with van der Waals surface area (Å²) < 4.78 is 5.55. The lowest BCUT2D eigenvalue weighted by atomic mass is 10.0. The molecule has 0 heterocycles. The number of anilines is 1. The highest BCUT2D eigenvalue weighted by molar-refractivity contribution is 6.32. The molecule has 1 N–H and O–H groups in total. The third kappa shape index (κ3) is 4.41. The number of ether oxygens (including phenoxy) is 1. The van der Waals surface area contributed by atoms with Gasteiger partial charge in [-0.15, -0.1) is 0 Å². The second-order valence-corrected chi connectivity index (χ2v) is 5.22. The van der Waals surface area contributed by atoms with E-state index in [0.29, 0.717) is 23.6 Å². The molecule has 0 fully saturated rings. The first-order chi connectivity index (χ1) is 8.58. The minimum absolute atomic E-state index is 0.438. The van der Waals surface area contributed by atoms with Gasteiger partial charge in [-0.05, 0) is 37.5 Å². The molecule has 0 saturated heterocycles. The fourth-order valence-electron chi connectivity index (χ4n) is 1.68. The minimum atomic E-state index is 0.438. The van der Waals surface area contributed by atoms with Crippen LogP contribution in [0, 0.1) is 5.92 Å². The van der Waals surface area contributed by atoms with E-state index in [4.69, 9.17) is 16.3 Å². The first kappa shape index (κ1) is 15.2. The third-order valence-corrected chi connectivity index (χ3v) is 3.58. The van der Waals surface area contributed by atoms with E-state index in [2.05, 4.69) is 33.0 Å². The number of hydrogen-bond donors (Lipinski definition) is 1. The van der Waals surface area contributed by atoms with Gasteiger partial charge in [0.1, 0.15) is 5.75 Å². The summed E-state index contributed by atoms with van der Waals surface area (Å²) in [5, 5.41) is 4.15. The largest absolute Gasteiger partial charge is 0.492 e. The summed E-state index contributed by atoms with van der Waals surface area (Å²) >= 11 is 6.20. The molecule has 1 aromatic rings. The molecule has 0 radical (unpaired) electrons. The molecule has 0 saturated carbocycles. The molecule has 3 heteroatoms. The van der Waals surface area contributed by atoms with Crippen LogP contribution in [0.25, 0.3) is 0 Å². The van der Waals surface area contributed by atoms with E-state index >= 15 is 0 Å². The molecule has 0 aromatic heterocycles. The SMILES string of the molecule is CCCOc1ccc(NC(C)C(C)CC)cc1Cl. The van der Waals surface area contributed by atoms with Crippen molar-refractivity contribution in [2.24, 2.45) is 5.92 Å². The van der Waals surface area contributed by atoms with Gasteiger partial charge in [0.15, 0.2) is 0 Å². The Bertz CT molecular complexity index is 368. The summed E-state index contributed by atoms with van der Waals surface area (Å²) in [6.07, 6.45) is 2.15. The first-order valence-electron chi connectivity index (χ1n) is 6.77. The van der Waals surface area contributed by atoms with Crippen LogP contribution in [0.15, 0.2) is 18.2 Å². The molecule has 18 heavy (non-hydrogen) atoms. The van der Waals surface area contributed by atoms with Gasteiger partial charge in [0.05, 0.1) is 11.6 Å². The Morgan fingerprint density at radius 1 is 1.28 bits per heavy atom. The monoisotopic (exact) mass is 269 g/mol. The fraction of sp³-hybridized carbons (Fsp3) is 0.600. The van der Waals surface area contributed by atoms with Crippen LogP contribution in [-0.2, 0) is 0 Å². The summed E-state index contributed by atoms with van der Waals surface area (Å²) in [6, 6.07) is 6.33. The number of halogens is 1. The van der Waals surface area contributed by atoms with Crippen LogP contribution in [-0.4, -0.2) is 12.6 Å². The summed E-state index contributed by atoms with van der Waals surface area (Å²) in [5.74, 6) is 1.40. The van der Waals surface area contributed by atoms with Crippen molar-refractivity contribution in [1.82, 2.24) is 0 Å². The zero-order valence-electron chi connectivity index (χ0n) is 11.8. The maximum atomic E-state index is 6.20. The minimum Gasteiger partial charge on any atom is -0.492 e. The highest BCUT2D eigenvalue weighted by Crippen LogP contribution is 2.28. The Morgan fingerprint density at radius 3 is 2.56 bits per heavy atom. The lowest BCUT2D eigenvalue weighted by Crippen LogP contribution is -2.23. The van der Waals surface area contributed by atoms with E-state index in [1.807, 2.05) is 18.2 Å². The summed E-state index contributed by atoms with van der Waals surface area (Å²) in [4.78, 5) is 0. The Kier molecular flexibility index (Phi) is 6.34. The molecule has 0 bridgehead atoms. The number of nitrogens with one attached hydrogen (secondary N) is 1. The first-order valence-corrected chi connectivity index (χ1v) is 7.15. The van der Waals surface area contributed by atoms with Crippen LogP contribution in [0.4, 0.5) is 5.69 Å². The molecule has 0 aliphatic carbocycles. The zero-order valence-corrected chi connectivity index (χ0v) is 12.6. The highest BCUT2D eigenvalue weighted by Gasteiger charge is 2.10. The van der Waals surface area contributed by atoms with Gasteiger partial charge in [-0.2, -0.15) is 0 Å². The van der Waals surface area contributed by atoms with Crippen LogP contribution in [0.1, 0.15) is 40.5 Å². The third-order valence-electron chi connectivity index (χ3n) is 3.29. The summed E-state index contributed by atoms with van der Waals surface area (Å²) in [5.41, 5.74) is 1.05. The van der Waals surface area contributed by atoms with E-state index in [0.717, 1.165) is 17.9 Å². The fourth-order valence-corrected chi connectivity index (χ4v) is 1.91. The van der Waals surface area contributed by atoms with Gasteiger partial charge in [-0.25, -0.2) is 0 Å². The normalized spacial score (nSPS) is 14.1. The average Bonchev–Trinajstić information content (AvgIpc) is 2.36. The Morgan fingerprint density at radius 2 is 2.00 bits per heavy atom. The Balaban J connectivity index is 2.66. The van der Waals surface area contributed by atoms with Gasteiger partial charge in [-0.3, -0.25) is 0 Å². The molecule has 0 aliphatic rings. The van der Waals surface area contributed by atoms with Gasteiger partial charge in [0.2, 0.25) is 0 Å². The van der Waals surface area contributed by atoms with Crippen molar-refractivity contribution in [3.63, 3.8) is 0 Å². The van der Waals surface area contributed by atoms with Gasteiger partial charge < -0.3 is 10.1 Å². The van der Waals surface area contributed by atoms with E-state index < -0.39 is 0 Å². The number of hydrogen-bond acceptors (Lipinski definition) is 2. The van der Waals surface area contributed by atoms with Crippen LogP contribution < -0.4 is 10.1 Å². The lowest BCUT2D eigenvalue weighted by molar-refractivity contribution is 0.317. The smallest absolute Gasteiger partial charge is 0.138 e. The molecule has 2 nitrogen and oxygen atoms in total. The molecule has 2 unspecified atom stereocenters. The van der Waals surface area contributed by atoms with E-state index in [1.165, 1.54) is 6.42 Å². The van der Waals surface area contributed by atoms with Crippen molar-refractivity contribution in [3.05, 3.63) is 23.2 Å². The van der Waals surface area contributed by atoms with Crippen molar-refractivity contribution in [2.75, 3.05) is 11.9 Å². The summed E-state index contributed by atoms with van der Waals surface area (Å²) in [7, 11) is 0. The van der Waals surface area contributed by atoms with Gasteiger partial charge >= 0.3 is 0 Å². The van der Waals surface area contributed by atoms with Crippen molar-refractivity contribution in [2.45, 2.75) is 46.6 Å². The molecule has 1 rings (SSSR count). The van der Waals surface area contributed by atoms with Gasteiger partial charge in [0, 0.05) is 11.7 Å². The van der Waals surface area contributed by atoms with Gasteiger partial charge in [-0.1, -0.05) is 38.8 Å². The van der Waals surface area contributed by atoms with E-state index in [1.54, 1.807) is 0 Å². The van der Waals surface area contributed by atoms with Gasteiger partial charge in [0.25, 0.3) is 0 Å². The molecule has 1 aromatic carbocycles. The Hall–Kier alpha value is -0.890. The molecule has 0 aliphatic heterocycles. The van der Waals surface area contributed by atoms with Crippen LogP contribution in [0.5, 0.6) is 5.75 Å². The Labute approximate surface area is 116 Å². The highest BCUT2D eigenvalue weighted by atomic mass is 35.5. The number of rotatable bonds is 7. The molecule has 2 atom stereocenters. The average molecular weight is 270 g/mol. The standard InChI is InChI=1S/C15H24ClNO/c1-5-9-18-15-8-7-13(10-14(15)16)17-12(4)11(3)6-2/h7-8,10-12,17H,5-6,9H2,1-4H3. The van der Waals surface area contributed by atoms with Crippen LogP contribution >= 0.6 is 11.6 Å². The zero-order chi connectivity index (χ0) is 13.5. The number of benzene rings is 1. The molecular weight excluding hydrogens is 246 g/mol. The van der Waals surface area contributed by atoms with Crippen molar-refractivity contribution in [1.29, 1.82) is 0 Å². The van der Waals surface area contributed by atoms with E-state index in [-0.39, 0.29) is 0 Å². The molecule has 0 amide bonds. The van der Waals surface area contributed by atoms with Crippen LogP contribution in [0.3, 0.4) is 0 Å². The molecule has 102 valence electrons. The van der Waals surface area contributed by atoms with E-state index in [9.17, 15) is 0 Å². The lowest BCUT2D eigenvalue weighted by Gasteiger charge is -2.21. The maximum Gasteiger partial charge on any atom is 0.138 e. The van der Waals surface area contributed by atoms with Crippen molar-refractivity contribution in [3.8, 4) is 5.75 Å².